The molecule has 10 heteroatoms. The fraction of sp³-hybridized carbons (Fsp3) is 0.300. The van der Waals surface area contributed by atoms with Crippen molar-refractivity contribution in [3.8, 4) is 11.4 Å². The Labute approximate surface area is 186 Å². The van der Waals surface area contributed by atoms with Gasteiger partial charge >= 0.3 is 0 Å². The quantitative estimate of drug-likeness (QED) is 0.543. The number of hydrogen-bond acceptors (Lipinski definition) is 5. The number of sulfonamides is 1. The maximum absolute atomic E-state index is 12.8. The van der Waals surface area contributed by atoms with Gasteiger partial charge in [-0.2, -0.15) is 9.40 Å². The zero-order valence-corrected chi connectivity index (χ0v) is 18.9. The van der Waals surface area contributed by atoms with Crippen LogP contribution in [0.5, 0.6) is 0 Å². The second-order valence-corrected chi connectivity index (χ2v) is 9.83. The van der Waals surface area contributed by atoms with Crippen LogP contribution in [0.1, 0.15) is 0 Å². The largest absolute Gasteiger partial charge is 0.303 e. The van der Waals surface area contributed by atoms with Gasteiger partial charge in [-0.3, -0.25) is 4.90 Å². The smallest absolute Gasteiger partial charge is 0.243 e. The fourth-order valence-corrected chi connectivity index (χ4v) is 5.35. The van der Waals surface area contributed by atoms with Gasteiger partial charge in [-0.05, 0) is 36.5 Å². The zero-order valence-electron chi connectivity index (χ0n) is 16.5. The topological polar surface area (TPSA) is 63.4 Å². The highest BCUT2D eigenvalue weighted by Gasteiger charge is 2.28. The van der Waals surface area contributed by atoms with Crippen LogP contribution in [0.3, 0.4) is 0 Å². The van der Waals surface area contributed by atoms with E-state index in [0.29, 0.717) is 53.4 Å². The van der Waals surface area contributed by atoms with E-state index in [4.69, 9.17) is 23.8 Å². The Hall–Kier alpha value is -2.04. The van der Waals surface area contributed by atoms with Gasteiger partial charge in [-0.15, -0.1) is 0 Å². The maximum Gasteiger partial charge on any atom is 0.243 e. The van der Waals surface area contributed by atoms with Gasteiger partial charge in [0.05, 0.1) is 16.6 Å². The second-order valence-electron chi connectivity index (χ2n) is 7.12. The van der Waals surface area contributed by atoms with Gasteiger partial charge in [0.25, 0.3) is 0 Å². The molecular weight excluding hydrogens is 442 g/mol. The van der Waals surface area contributed by atoms with Crippen molar-refractivity contribution in [3.63, 3.8) is 0 Å². The van der Waals surface area contributed by atoms with E-state index in [1.807, 2.05) is 41.9 Å². The first-order chi connectivity index (χ1) is 14.4. The fourth-order valence-electron chi connectivity index (χ4n) is 3.50. The van der Waals surface area contributed by atoms with Crippen LogP contribution in [0.2, 0.25) is 5.02 Å². The van der Waals surface area contributed by atoms with Crippen LogP contribution in [-0.2, 0) is 23.7 Å². The number of halogens is 1. The Balaban J connectivity index is 1.47. The van der Waals surface area contributed by atoms with Crippen molar-refractivity contribution >= 4 is 33.8 Å². The highest BCUT2D eigenvalue weighted by atomic mass is 35.5. The molecule has 1 fully saturated rings. The van der Waals surface area contributed by atoms with Crippen molar-refractivity contribution in [2.45, 2.75) is 11.6 Å². The van der Waals surface area contributed by atoms with Gasteiger partial charge in [0, 0.05) is 38.8 Å². The Bertz CT molecular complexity index is 1200. The first-order valence-corrected chi connectivity index (χ1v) is 11.8. The molecule has 0 unspecified atom stereocenters. The van der Waals surface area contributed by atoms with Gasteiger partial charge in [0.15, 0.2) is 10.6 Å². The molecule has 158 valence electrons. The molecule has 2 aromatic carbocycles. The van der Waals surface area contributed by atoms with E-state index in [1.54, 1.807) is 28.9 Å². The Morgan fingerprint density at radius 3 is 2.30 bits per heavy atom. The summed E-state index contributed by atoms with van der Waals surface area (Å²) in [5, 5.41) is 5.29. The summed E-state index contributed by atoms with van der Waals surface area (Å²) in [5.41, 5.74) is 0.824. The summed E-state index contributed by atoms with van der Waals surface area (Å²) in [6.07, 6.45) is 0. The summed E-state index contributed by atoms with van der Waals surface area (Å²) in [4.78, 5) is 2.48. The number of rotatable bonds is 5. The third kappa shape index (κ3) is 4.08. The third-order valence-corrected chi connectivity index (χ3v) is 7.93. The average molecular weight is 464 g/mol. The molecule has 4 rings (SSSR count). The van der Waals surface area contributed by atoms with Crippen molar-refractivity contribution in [2.75, 3.05) is 26.2 Å². The normalized spacial score (nSPS) is 16.1. The average Bonchev–Trinajstić information content (AvgIpc) is 3.03. The Morgan fingerprint density at radius 2 is 1.63 bits per heavy atom. The highest BCUT2D eigenvalue weighted by molar-refractivity contribution is 7.89. The molecule has 1 aliphatic heterocycles. The molecule has 1 aromatic heterocycles. The SMILES string of the molecule is Cn1c(-c2ccccc2Cl)nn(CN2CCN(S(=O)(=O)c3ccccc3)CC2)c1=S. The Kier molecular flexibility index (Phi) is 6.08. The molecule has 0 saturated carbocycles. The minimum absolute atomic E-state index is 0.328. The summed E-state index contributed by atoms with van der Waals surface area (Å²) in [6.45, 7) is 2.55. The molecule has 1 saturated heterocycles. The van der Waals surface area contributed by atoms with Crippen LogP contribution >= 0.6 is 23.8 Å². The van der Waals surface area contributed by atoms with E-state index in [0.717, 1.165) is 5.56 Å². The van der Waals surface area contributed by atoms with E-state index in [-0.39, 0.29) is 0 Å². The minimum Gasteiger partial charge on any atom is -0.303 e. The van der Waals surface area contributed by atoms with E-state index in [1.165, 1.54) is 4.31 Å². The molecule has 0 N–H and O–H groups in total. The zero-order chi connectivity index (χ0) is 21.3. The molecule has 3 aromatic rings. The molecule has 1 aliphatic rings. The van der Waals surface area contributed by atoms with Gasteiger partial charge in [-0.25, -0.2) is 13.1 Å². The molecule has 0 amide bonds. The van der Waals surface area contributed by atoms with Crippen molar-refractivity contribution < 1.29 is 8.42 Å². The van der Waals surface area contributed by atoms with Crippen LogP contribution in [0.15, 0.2) is 59.5 Å². The summed E-state index contributed by atoms with van der Waals surface area (Å²) < 4.78 is 31.3. The highest BCUT2D eigenvalue weighted by Crippen LogP contribution is 2.26. The van der Waals surface area contributed by atoms with Gasteiger partial charge in [0.1, 0.15) is 0 Å². The molecule has 2 heterocycles. The lowest BCUT2D eigenvalue weighted by atomic mass is 10.2. The van der Waals surface area contributed by atoms with E-state index < -0.39 is 10.0 Å². The molecule has 7 nitrogen and oxygen atoms in total. The predicted molar refractivity (Wildman–Crippen MR) is 119 cm³/mol. The lowest BCUT2D eigenvalue weighted by molar-refractivity contribution is 0.144. The monoisotopic (exact) mass is 463 g/mol. The summed E-state index contributed by atoms with van der Waals surface area (Å²) in [5.74, 6) is 0.705. The first-order valence-electron chi connectivity index (χ1n) is 9.54. The molecular formula is C20H22ClN5O2S2. The minimum atomic E-state index is -3.46. The lowest BCUT2D eigenvalue weighted by Gasteiger charge is -2.33. The van der Waals surface area contributed by atoms with Crippen molar-refractivity contribution in [2.24, 2.45) is 7.05 Å². The van der Waals surface area contributed by atoms with E-state index in [9.17, 15) is 8.42 Å². The van der Waals surface area contributed by atoms with Crippen LogP contribution in [-0.4, -0.2) is 58.1 Å². The van der Waals surface area contributed by atoms with Gasteiger partial charge < -0.3 is 4.57 Å². The number of hydrogen-bond donors (Lipinski definition) is 0. The summed E-state index contributed by atoms with van der Waals surface area (Å²) >= 11 is 11.9. The first kappa shape index (κ1) is 21.2. The predicted octanol–water partition coefficient (Wildman–Crippen LogP) is 3.24. The van der Waals surface area contributed by atoms with Gasteiger partial charge in [0.2, 0.25) is 10.0 Å². The summed E-state index contributed by atoms with van der Waals surface area (Å²) in [6, 6.07) is 16.1. The van der Waals surface area contributed by atoms with Crippen LogP contribution in [0.4, 0.5) is 0 Å². The lowest BCUT2D eigenvalue weighted by Crippen LogP contribution is -2.48. The van der Waals surface area contributed by atoms with Crippen LogP contribution < -0.4 is 0 Å². The molecule has 0 spiro atoms. The van der Waals surface area contributed by atoms with Crippen LogP contribution in [0.25, 0.3) is 11.4 Å². The number of nitrogens with zero attached hydrogens (tertiary/aromatic N) is 5. The van der Waals surface area contributed by atoms with Gasteiger partial charge in [-0.1, -0.05) is 41.9 Å². The summed E-state index contributed by atoms with van der Waals surface area (Å²) in [7, 11) is -1.60. The molecule has 30 heavy (non-hydrogen) atoms. The van der Waals surface area contributed by atoms with E-state index >= 15 is 0 Å². The number of piperazine rings is 1. The standard InChI is InChI=1S/C20H22ClN5O2S2/c1-23-19(17-9-5-6-10-18(17)21)22-26(20(23)29)15-24-11-13-25(14-12-24)30(27,28)16-7-3-2-4-8-16/h2-10H,11-15H2,1H3. The molecule has 0 bridgehead atoms. The van der Waals surface area contributed by atoms with Crippen molar-refractivity contribution in [3.05, 3.63) is 64.4 Å². The molecule has 0 atom stereocenters. The molecule has 0 aliphatic carbocycles. The Morgan fingerprint density at radius 1 is 1.00 bits per heavy atom. The second kappa shape index (κ2) is 8.60. The van der Waals surface area contributed by atoms with Crippen LogP contribution in [0, 0.1) is 4.77 Å². The number of aromatic nitrogens is 3. The van der Waals surface area contributed by atoms with Crippen molar-refractivity contribution in [1.29, 1.82) is 0 Å². The van der Waals surface area contributed by atoms with Crippen molar-refractivity contribution in [1.82, 2.24) is 23.6 Å². The third-order valence-electron chi connectivity index (χ3n) is 5.20. The molecule has 0 radical (unpaired) electrons. The maximum atomic E-state index is 12.8. The number of benzene rings is 2. The van der Waals surface area contributed by atoms with E-state index in [2.05, 4.69) is 10.00 Å².